The van der Waals surface area contributed by atoms with Crippen LogP contribution in [0.1, 0.15) is 25.0 Å². The molecular weight excluding hydrogens is 554 g/mol. The Morgan fingerprint density at radius 2 is 1.70 bits per heavy atom. The number of alkyl halides is 1. The summed E-state index contributed by atoms with van der Waals surface area (Å²) in [5.74, 6) is 0. The lowest BCUT2D eigenvalue weighted by Crippen LogP contribution is -2.58. The van der Waals surface area contributed by atoms with E-state index in [0.29, 0.717) is 5.02 Å². The van der Waals surface area contributed by atoms with Gasteiger partial charge in [-0.3, -0.25) is 4.98 Å². The van der Waals surface area contributed by atoms with Gasteiger partial charge in [-0.25, -0.2) is 0 Å². The fourth-order valence-electron chi connectivity index (χ4n) is 3.14. The molecule has 0 spiro atoms. The van der Waals surface area contributed by atoms with Crippen LogP contribution in [0.25, 0.3) is 10.9 Å². The molecule has 1 aromatic heterocycles. The lowest BCUT2D eigenvalue weighted by Gasteiger charge is -2.41. The van der Waals surface area contributed by atoms with Crippen molar-refractivity contribution in [2.75, 3.05) is 19.0 Å². The number of hydrogen-bond donors (Lipinski definition) is 2. The second-order valence-electron chi connectivity index (χ2n) is 7.77. The number of nitrogens with two attached hydrogens (primary N) is 1. The number of halogens is 4. The summed E-state index contributed by atoms with van der Waals surface area (Å²) in [5, 5.41) is 5.34. The summed E-state index contributed by atoms with van der Waals surface area (Å²) in [6.07, 6.45) is 1.80. The summed E-state index contributed by atoms with van der Waals surface area (Å²) in [4.78, 5) is 6.54. The first-order chi connectivity index (χ1) is 13.1. The van der Waals surface area contributed by atoms with E-state index >= 15 is 0 Å². The zero-order chi connectivity index (χ0) is 20.5. The first-order valence-corrected chi connectivity index (χ1v) is 10.6. The van der Waals surface area contributed by atoms with Crippen LogP contribution in [0.15, 0.2) is 54.7 Å². The van der Waals surface area contributed by atoms with Crippen molar-refractivity contribution in [3.63, 3.8) is 0 Å². The minimum absolute atomic E-state index is 0. The third-order valence-electron chi connectivity index (χ3n) is 5.19. The molecule has 0 radical (unpaired) electrons. The Labute approximate surface area is 209 Å². The van der Waals surface area contributed by atoms with E-state index < -0.39 is 3.55 Å². The average molecular weight is 582 g/mol. The van der Waals surface area contributed by atoms with Crippen LogP contribution in [0.2, 0.25) is 5.02 Å². The highest BCUT2D eigenvalue weighted by Crippen LogP contribution is 2.40. The van der Waals surface area contributed by atoms with Crippen LogP contribution in [0.5, 0.6) is 0 Å². The van der Waals surface area contributed by atoms with Crippen molar-refractivity contribution in [2.24, 2.45) is 5.73 Å². The van der Waals surface area contributed by atoms with E-state index in [1.807, 2.05) is 38.4 Å². The lowest BCUT2D eigenvalue weighted by atomic mass is 9.87. The molecule has 1 atom stereocenters. The average Bonchev–Trinajstić information content (AvgIpc) is 2.65. The first kappa shape index (κ1) is 27.2. The Morgan fingerprint density at radius 3 is 2.30 bits per heavy atom. The summed E-state index contributed by atoms with van der Waals surface area (Å²) in [6.45, 7) is 5.00. The normalized spacial score (nSPS) is 13.2. The van der Waals surface area contributed by atoms with Crippen molar-refractivity contribution in [2.45, 2.75) is 29.5 Å². The summed E-state index contributed by atoms with van der Waals surface area (Å²) < 4.78 is -0.649. The van der Waals surface area contributed by atoms with Gasteiger partial charge >= 0.3 is 0 Å². The van der Waals surface area contributed by atoms with Gasteiger partial charge in [0.1, 0.15) is 3.55 Å². The minimum Gasteiger partial charge on any atom is -0.378 e. The molecule has 0 aliphatic carbocycles. The molecule has 0 amide bonds. The SMILES string of the molecule is CN(C)c1ccc(CNC(C)(C)C(N)(I)c2ccnc3cc(Cl)ccc23)cc1.Cl.Cl. The van der Waals surface area contributed by atoms with Gasteiger partial charge < -0.3 is 16.0 Å². The molecule has 3 aromatic rings. The van der Waals surface area contributed by atoms with Crippen molar-refractivity contribution >= 4 is 75.6 Å². The quantitative estimate of drug-likeness (QED) is 0.216. The van der Waals surface area contributed by atoms with E-state index in [1.54, 1.807) is 6.20 Å². The molecule has 0 bridgehead atoms. The van der Waals surface area contributed by atoms with Crippen LogP contribution in [-0.4, -0.2) is 24.6 Å². The van der Waals surface area contributed by atoms with E-state index in [-0.39, 0.29) is 30.4 Å². The Kier molecular flexibility index (Phi) is 9.67. The van der Waals surface area contributed by atoms with Crippen molar-refractivity contribution in [3.05, 3.63) is 70.9 Å². The molecule has 164 valence electrons. The maximum Gasteiger partial charge on any atom is 0.112 e. The molecule has 4 nitrogen and oxygen atoms in total. The molecule has 30 heavy (non-hydrogen) atoms. The van der Waals surface area contributed by atoms with E-state index in [9.17, 15) is 0 Å². The highest BCUT2D eigenvalue weighted by Gasteiger charge is 2.41. The number of nitrogens with zero attached hydrogens (tertiary/aromatic N) is 2. The van der Waals surface area contributed by atoms with Crippen LogP contribution >= 0.6 is 59.0 Å². The number of benzene rings is 2. The fraction of sp³-hybridized carbons (Fsp3) is 0.318. The Balaban J connectivity index is 0.00000225. The summed E-state index contributed by atoms with van der Waals surface area (Å²) in [6, 6.07) is 16.3. The molecule has 0 aliphatic heterocycles. The number of fused-ring (bicyclic) bond motifs is 1. The van der Waals surface area contributed by atoms with E-state index in [1.165, 1.54) is 11.3 Å². The van der Waals surface area contributed by atoms with Crippen molar-refractivity contribution < 1.29 is 0 Å². The van der Waals surface area contributed by atoms with E-state index in [0.717, 1.165) is 23.0 Å². The van der Waals surface area contributed by atoms with Gasteiger partial charge in [-0.1, -0.05) is 52.4 Å². The maximum atomic E-state index is 6.90. The maximum absolute atomic E-state index is 6.90. The lowest BCUT2D eigenvalue weighted by molar-refractivity contribution is 0.307. The Hall–Kier alpha value is -0.830. The predicted molar refractivity (Wildman–Crippen MR) is 143 cm³/mol. The minimum atomic E-state index is -0.649. The molecule has 0 fully saturated rings. The third-order valence-corrected chi connectivity index (χ3v) is 7.36. The largest absolute Gasteiger partial charge is 0.378 e. The predicted octanol–water partition coefficient (Wildman–Crippen LogP) is 5.91. The van der Waals surface area contributed by atoms with Gasteiger partial charge in [0.05, 0.1) is 5.52 Å². The second-order valence-corrected chi connectivity index (χ2v) is 9.91. The standard InChI is InChI=1S/C22H26ClIN4.2ClH/c1-21(2,27-14-15-5-8-17(9-6-15)28(3)4)22(24,25)19-11-12-26-20-13-16(23)7-10-18(19)20;;/h5-13,27H,14,25H2,1-4H3;2*1H. The molecule has 0 saturated heterocycles. The number of nitrogens with one attached hydrogen (secondary N) is 1. The van der Waals surface area contributed by atoms with Gasteiger partial charge in [-0.15, -0.1) is 24.8 Å². The molecule has 3 rings (SSSR count). The second kappa shape index (κ2) is 10.7. The van der Waals surface area contributed by atoms with Crippen LogP contribution < -0.4 is 16.0 Å². The molecule has 2 aromatic carbocycles. The van der Waals surface area contributed by atoms with Gasteiger partial charge in [0.15, 0.2) is 0 Å². The molecule has 1 unspecified atom stereocenters. The van der Waals surface area contributed by atoms with Crippen molar-refractivity contribution in [3.8, 4) is 0 Å². The molecular formula is C22H28Cl3IN4. The smallest absolute Gasteiger partial charge is 0.112 e. The van der Waals surface area contributed by atoms with Crippen LogP contribution in [0, 0.1) is 0 Å². The van der Waals surface area contributed by atoms with Gasteiger partial charge in [-0.2, -0.15) is 0 Å². The zero-order valence-corrected chi connectivity index (χ0v) is 22.0. The Bertz CT molecular complexity index is 976. The number of rotatable bonds is 6. The van der Waals surface area contributed by atoms with E-state index in [2.05, 4.69) is 75.9 Å². The van der Waals surface area contributed by atoms with Gasteiger partial charge in [-0.05, 0) is 55.3 Å². The van der Waals surface area contributed by atoms with Crippen molar-refractivity contribution in [1.82, 2.24) is 10.3 Å². The third kappa shape index (κ3) is 5.69. The fourth-order valence-corrected chi connectivity index (χ4v) is 3.97. The molecule has 3 N–H and O–H groups in total. The first-order valence-electron chi connectivity index (χ1n) is 9.15. The zero-order valence-electron chi connectivity index (χ0n) is 17.4. The molecule has 8 heteroatoms. The molecule has 0 saturated carbocycles. The highest BCUT2D eigenvalue weighted by atomic mass is 127. The number of pyridine rings is 1. The van der Waals surface area contributed by atoms with Crippen LogP contribution in [0.3, 0.4) is 0 Å². The van der Waals surface area contributed by atoms with Gasteiger partial charge in [0.2, 0.25) is 0 Å². The van der Waals surface area contributed by atoms with Gasteiger partial charge in [0, 0.05) is 48.5 Å². The number of aromatic nitrogens is 1. The molecule has 0 aliphatic rings. The topological polar surface area (TPSA) is 54.2 Å². The summed E-state index contributed by atoms with van der Waals surface area (Å²) in [7, 11) is 4.09. The molecule has 1 heterocycles. The summed E-state index contributed by atoms with van der Waals surface area (Å²) >= 11 is 8.48. The number of hydrogen-bond acceptors (Lipinski definition) is 4. The van der Waals surface area contributed by atoms with Crippen LogP contribution in [0.4, 0.5) is 5.69 Å². The van der Waals surface area contributed by atoms with Gasteiger partial charge in [0.25, 0.3) is 0 Å². The van der Waals surface area contributed by atoms with E-state index in [4.69, 9.17) is 17.3 Å². The number of anilines is 1. The Morgan fingerprint density at radius 1 is 1.07 bits per heavy atom. The highest BCUT2D eigenvalue weighted by molar-refractivity contribution is 14.1. The van der Waals surface area contributed by atoms with Crippen LogP contribution in [-0.2, 0) is 10.1 Å². The summed E-state index contributed by atoms with van der Waals surface area (Å²) in [5.41, 5.74) is 10.8. The monoisotopic (exact) mass is 580 g/mol. The van der Waals surface area contributed by atoms with Crippen molar-refractivity contribution in [1.29, 1.82) is 0 Å².